The zero-order valence-electron chi connectivity index (χ0n) is 20.2. The maximum Gasteiger partial charge on any atom is 0.424 e. The van der Waals surface area contributed by atoms with E-state index in [2.05, 4.69) is 20.4 Å². The van der Waals surface area contributed by atoms with Crippen molar-refractivity contribution in [3.05, 3.63) is 77.6 Å². The minimum absolute atomic E-state index is 0.0291. The first-order chi connectivity index (χ1) is 18.3. The molecule has 1 aromatic carbocycles. The summed E-state index contributed by atoms with van der Waals surface area (Å²) in [5.41, 5.74) is -0.623. The average molecular weight is 544 g/mol. The number of primary amides is 1. The number of fused-ring (bicyclic) bond motifs is 2. The molecule has 2 amide bonds. The number of benzene rings is 1. The second-order valence-corrected chi connectivity index (χ2v) is 9.21. The molecule has 1 aliphatic rings. The molecule has 5 rings (SSSR count). The van der Waals surface area contributed by atoms with Gasteiger partial charge in [0.05, 0.1) is 18.4 Å². The Labute approximate surface area is 217 Å². The van der Waals surface area contributed by atoms with E-state index in [-0.39, 0.29) is 40.5 Å². The molecular formula is C25H20F4N6O4. The van der Waals surface area contributed by atoms with Crippen molar-refractivity contribution in [1.82, 2.24) is 24.9 Å². The molecule has 4 aromatic rings. The number of alkyl halides is 3. The van der Waals surface area contributed by atoms with Gasteiger partial charge in [-0.1, -0.05) is 0 Å². The molecule has 0 fully saturated rings. The predicted molar refractivity (Wildman–Crippen MR) is 127 cm³/mol. The number of aromatic nitrogens is 4. The molecule has 0 saturated heterocycles. The van der Waals surface area contributed by atoms with Crippen molar-refractivity contribution in [1.29, 1.82) is 0 Å². The standard InChI is InChI=1S/C25H20F4N6O4/c1-23(22(30)37)12-39-20-15(23)10-17(34-19(20)13-2-4-14(26)5-3-13)24(38,25(27,28)29)11-31-21(36)16-7-9-35-18(33-16)6-8-32-35/h2-10,38H,11-12H2,1H3,(H2,30,37)(H,31,36)/t23-,24?/m0/s1. The highest BCUT2D eigenvalue weighted by molar-refractivity contribution is 5.93. The Kier molecular flexibility index (Phi) is 6.01. The van der Waals surface area contributed by atoms with Crippen molar-refractivity contribution in [2.75, 3.05) is 13.2 Å². The fourth-order valence-corrected chi connectivity index (χ4v) is 4.18. The van der Waals surface area contributed by atoms with Crippen molar-refractivity contribution in [3.63, 3.8) is 0 Å². The number of amides is 2. The molecule has 0 radical (unpaired) electrons. The Hall–Kier alpha value is -4.59. The first-order valence-electron chi connectivity index (χ1n) is 11.5. The van der Waals surface area contributed by atoms with Gasteiger partial charge in [-0.3, -0.25) is 9.59 Å². The molecule has 202 valence electrons. The molecule has 2 atom stereocenters. The summed E-state index contributed by atoms with van der Waals surface area (Å²) in [6.07, 6.45) is -2.52. The molecule has 0 saturated carbocycles. The highest BCUT2D eigenvalue weighted by atomic mass is 19.4. The fraction of sp³-hybridized carbons (Fsp3) is 0.240. The van der Waals surface area contributed by atoms with Crippen molar-refractivity contribution in [3.8, 4) is 17.0 Å². The summed E-state index contributed by atoms with van der Waals surface area (Å²) in [6.45, 7) is -0.253. The maximum absolute atomic E-state index is 14.5. The minimum Gasteiger partial charge on any atom is -0.489 e. The number of carbonyl (C=O) groups excluding carboxylic acids is 2. The lowest BCUT2D eigenvalue weighted by Crippen LogP contribution is -2.52. The lowest BCUT2D eigenvalue weighted by molar-refractivity contribution is -0.265. The summed E-state index contributed by atoms with van der Waals surface area (Å²) >= 11 is 0. The monoisotopic (exact) mass is 544 g/mol. The lowest BCUT2D eigenvalue weighted by Gasteiger charge is -2.31. The number of pyridine rings is 1. The highest BCUT2D eigenvalue weighted by Crippen LogP contribution is 2.47. The third kappa shape index (κ3) is 4.31. The Balaban J connectivity index is 1.59. The van der Waals surface area contributed by atoms with E-state index in [4.69, 9.17) is 10.5 Å². The van der Waals surface area contributed by atoms with Gasteiger partial charge in [0.1, 0.15) is 35.0 Å². The van der Waals surface area contributed by atoms with Crippen molar-refractivity contribution in [2.45, 2.75) is 24.1 Å². The third-order valence-electron chi connectivity index (χ3n) is 6.62. The van der Waals surface area contributed by atoms with Gasteiger partial charge in [0.15, 0.2) is 5.65 Å². The van der Waals surface area contributed by atoms with E-state index in [1.165, 1.54) is 48.1 Å². The van der Waals surface area contributed by atoms with E-state index >= 15 is 0 Å². The van der Waals surface area contributed by atoms with Gasteiger partial charge in [-0.25, -0.2) is 18.9 Å². The van der Waals surface area contributed by atoms with Crippen LogP contribution in [0.15, 0.2) is 54.9 Å². The second-order valence-electron chi connectivity index (χ2n) is 9.21. The van der Waals surface area contributed by atoms with Crippen molar-refractivity contribution in [2.24, 2.45) is 5.73 Å². The quantitative estimate of drug-likeness (QED) is 0.316. The van der Waals surface area contributed by atoms with Gasteiger partial charge in [-0.05, 0) is 43.3 Å². The average Bonchev–Trinajstić information content (AvgIpc) is 3.51. The summed E-state index contributed by atoms with van der Waals surface area (Å²) in [7, 11) is 0. The molecule has 14 heteroatoms. The summed E-state index contributed by atoms with van der Waals surface area (Å²) in [5.74, 6) is -2.51. The number of nitrogens with one attached hydrogen (secondary N) is 1. The lowest BCUT2D eigenvalue weighted by atomic mass is 9.81. The number of hydrogen-bond donors (Lipinski definition) is 3. The summed E-state index contributed by atoms with van der Waals surface area (Å²) in [4.78, 5) is 33.1. The number of carbonyl (C=O) groups is 2. The first-order valence-corrected chi connectivity index (χ1v) is 11.5. The van der Waals surface area contributed by atoms with Crippen LogP contribution in [-0.2, 0) is 15.8 Å². The summed E-state index contributed by atoms with van der Waals surface area (Å²) < 4.78 is 63.9. The first kappa shape index (κ1) is 26.0. The van der Waals surface area contributed by atoms with Crippen LogP contribution in [0.25, 0.3) is 16.9 Å². The molecule has 4 heterocycles. The van der Waals surface area contributed by atoms with Gasteiger partial charge in [0.25, 0.3) is 5.91 Å². The molecule has 4 N–H and O–H groups in total. The summed E-state index contributed by atoms with van der Waals surface area (Å²) in [6, 6.07) is 8.29. The Bertz CT molecular complexity index is 1610. The van der Waals surface area contributed by atoms with Gasteiger partial charge >= 0.3 is 6.18 Å². The van der Waals surface area contributed by atoms with E-state index in [0.717, 1.165) is 18.2 Å². The van der Waals surface area contributed by atoms with Crippen LogP contribution in [0.3, 0.4) is 0 Å². The van der Waals surface area contributed by atoms with Gasteiger partial charge in [0.2, 0.25) is 11.5 Å². The van der Waals surface area contributed by atoms with Crippen LogP contribution < -0.4 is 15.8 Å². The van der Waals surface area contributed by atoms with E-state index in [1.54, 1.807) is 0 Å². The minimum atomic E-state index is -5.34. The summed E-state index contributed by atoms with van der Waals surface area (Å²) in [5, 5.41) is 17.0. The topological polar surface area (TPSA) is 145 Å². The maximum atomic E-state index is 14.5. The SMILES string of the molecule is C[C@]1(C(N)=O)COc2c1cc(C(O)(CNC(=O)c1ccn3nccc3n1)C(F)(F)F)nc2-c1ccc(F)cc1. The number of nitrogens with zero attached hydrogens (tertiary/aromatic N) is 4. The Morgan fingerprint density at radius 2 is 1.90 bits per heavy atom. The van der Waals surface area contributed by atoms with Crippen LogP contribution in [0.4, 0.5) is 17.6 Å². The molecular weight excluding hydrogens is 524 g/mol. The third-order valence-corrected chi connectivity index (χ3v) is 6.62. The number of aliphatic hydroxyl groups is 1. The largest absolute Gasteiger partial charge is 0.489 e. The van der Waals surface area contributed by atoms with Gasteiger partial charge in [-0.2, -0.15) is 18.3 Å². The highest BCUT2D eigenvalue weighted by Gasteiger charge is 2.57. The number of ether oxygens (including phenoxy) is 1. The number of halogens is 4. The van der Waals surface area contributed by atoms with Crippen molar-refractivity contribution >= 4 is 17.5 Å². The molecule has 0 aliphatic carbocycles. The van der Waals surface area contributed by atoms with Crippen molar-refractivity contribution < 1.29 is 37.0 Å². The van der Waals surface area contributed by atoms with Crippen LogP contribution in [0.2, 0.25) is 0 Å². The van der Waals surface area contributed by atoms with E-state index in [9.17, 15) is 32.3 Å². The van der Waals surface area contributed by atoms with Gasteiger partial charge in [0, 0.05) is 23.4 Å². The van der Waals surface area contributed by atoms with Gasteiger partial charge < -0.3 is 20.9 Å². The van der Waals surface area contributed by atoms with Crippen LogP contribution >= 0.6 is 0 Å². The van der Waals surface area contributed by atoms with Crippen LogP contribution in [0, 0.1) is 5.82 Å². The van der Waals surface area contributed by atoms with Gasteiger partial charge in [-0.15, -0.1) is 0 Å². The van der Waals surface area contributed by atoms with Crippen LogP contribution in [0.1, 0.15) is 28.7 Å². The smallest absolute Gasteiger partial charge is 0.424 e. The molecule has 3 aromatic heterocycles. The van der Waals surface area contributed by atoms with Crippen LogP contribution in [0.5, 0.6) is 5.75 Å². The molecule has 39 heavy (non-hydrogen) atoms. The Morgan fingerprint density at radius 1 is 1.18 bits per heavy atom. The zero-order chi connectivity index (χ0) is 28.2. The number of hydrogen-bond acceptors (Lipinski definition) is 7. The van der Waals surface area contributed by atoms with Crippen LogP contribution in [-0.4, -0.2) is 55.8 Å². The normalized spacial score (nSPS) is 18.3. The Morgan fingerprint density at radius 3 is 2.56 bits per heavy atom. The molecule has 10 nitrogen and oxygen atoms in total. The van der Waals surface area contributed by atoms with E-state index < -0.39 is 47.1 Å². The molecule has 1 unspecified atom stereocenters. The molecule has 1 aliphatic heterocycles. The zero-order valence-corrected chi connectivity index (χ0v) is 20.2. The molecule has 0 spiro atoms. The molecule has 0 bridgehead atoms. The number of nitrogens with two attached hydrogens (primary N) is 1. The second kappa shape index (κ2) is 9.01. The number of rotatable bonds is 6. The fourth-order valence-electron chi connectivity index (χ4n) is 4.18. The predicted octanol–water partition coefficient (Wildman–Crippen LogP) is 2.25. The van der Waals surface area contributed by atoms with E-state index in [1.807, 2.05) is 0 Å². The van der Waals surface area contributed by atoms with E-state index in [0.29, 0.717) is 0 Å².